The molecule has 2 atom stereocenters. The van der Waals surface area contributed by atoms with Gasteiger partial charge in [0, 0.05) is 19.3 Å². The summed E-state index contributed by atoms with van der Waals surface area (Å²) in [6, 6.07) is 3.80. The fourth-order valence-corrected chi connectivity index (χ4v) is 4.38. The summed E-state index contributed by atoms with van der Waals surface area (Å²) in [5.41, 5.74) is 1.19. The van der Waals surface area contributed by atoms with Crippen molar-refractivity contribution >= 4 is 17.2 Å². The Kier molecular flexibility index (Phi) is 3.84. The van der Waals surface area contributed by atoms with E-state index in [1.165, 1.54) is 23.1 Å². The highest BCUT2D eigenvalue weighted by molar-refractivity contribution is 7.13. The number of thiophene rings is 1. The molecule has 1 amide bonds. The van der Waals surface area contributed by atoms with Crippen molar-refractivity contribution in [2.75, 3.05) is 13.1 Å². The van der Waals surface area contributed by atoms with E-state index in [0.717, 1.165) is 30.8 Å². The van der Waals surface area contributed by atoms with E-state index in [1.54, 1.807) is 0 Å². The minimum atomic E-state index is -0.359. The molecule has 124 valence electrons. The van der Waals surface area contributed by atoms with Crippen LogP contribution in [0.15, 0.2) is 40.2 Å². The Bertz CT molecular complexity index is 853. The van der Waals surface area contributed by atoms with Crippen LogP contribution in [0.4, 0.5) is 0 Å². The molecule has 1 fully saturated rings. The van der Waals surface area contributed by atoms with Crippen molar-refractivity contribution in [3.63, 3.8) is 0 Å². The molecule has 1 aliphatic heterocycles. The van der Waals surface area contributed by atoms with Gasteiger partial charge in [-0.05, 0) is 43.0 Å². The molecule has 3 heterocycles. The number of hydrogen-bond acceptors (Lipinski definition) is 4. The Morgan fingerprint density at radius 1 is 1.38 bits per heavy atom. The highest BCUT2D eigenvalue weighted by atomic mass is 32.1. The Morgan fingerprint density at radius 3 is 2.96 bits per heavy atom. The number of amides is 1. The largest absolute Gasteiger partial charge is 0.338 e. The Hall–Kier alpha value is -2.21. The summed E-state index contributed by atoms with van der Waals surface area (Å²) in [4.78, 5) is 34.8. The van der Waals surface area contributed by atoms with E-state index >= 15 is 0 Å². The standard InChI is InChI=1S/C18H19N3O2S/c1-11-4-5-12-9-21(10-13(12)7-11)18(23)14-8-19-16(20-17(14)22)15-3-2-6-24-15/h2-4,6,8,12-13H,5,7,9-10H2,1H3,(H,19,20,22)/t12-,13+/m0/s1. The minimum absolute atomic E-state index is 0.138. The number of H-pyrrole nitrogens is 1. The molecule has 2 aliphatic rings. The van der Waals surface area contributed by atoms with Gasteiger partial charge < -0.3 is 9.88 Å². The summed E-state index contributed by atoms with van der Waals surface area (Å²) in [6.45, 7) is 3.62. The topological polar surface area (TPSA) is 66.1 Å². The van der Waals surface area contributed by atoms with Crippen LogP contribution in [0.25, 0.3) is 10.7 Å². The lowest BCUT2D eigenvalue weighted by Gasteiger charge is -2.21. The molecule has 24 heavy (non-hydrogen) atoms. The van der Waals surface area contributed by atoms with Gasteiger partial charge in [0.25, 0.3) is 11.5 Å². The number of allylic oxidation sites excluding steroid dienone is 2. The molecule has 1 saturated heterocycles. The molecule has 0 spiro atoms. The quantitative estimate of drug-likeness (QED) is 0.854. The molecule has 2 aromatic rings. The van der Waals surface area contributed by atoms with Crippen LogP contribution in [0.2, 0.25) is 0 Å². The molecule has 6 heteroatoms. The zero-order valence-corrected chi connectivity index (χ0v) is 14.3. The van der Waals surface area contributed by atoms with Gasteiger partial charge in [-0.3, -0.25) is 9.59 Å². The van der Waals surface area contributed by atoms with Gasteiger partial charge in [0.2, 0.25) is 0 Å². The lowest BCUT2D eigenvalue weighted by molar-refractivity contribution is 0.0782. The van der Waals surface area contributed by atoms with Crippen molar-refractivity contribution in [1.29, 1.82) is 0 Å². The Morgan fingerprint density at radius 2 is 2.21 bits per heavy atom. The molecule has 0 radical (unpaired) electrons. The number of hydrogen-bond donors (Lipinski definition) is 1. The van der Waals surface area contributed by atoms with Crippen LogP contribution in [-0.2, 0) is 0 Å². The van der Waals surface area contributed by atoms with E-state index in [0.29, 0.717) is 17.7 Å². The number of aromatic amines is 1. The molecular weight excluding hydrogens is 322 g/mol. The van der Waals surface area contributed by atoms with Crippen LogP contribution in [0.1, 0.15) is 30.1 Å². The van der Waals surface area contributed by atoms with E-state index in [4.69, 9.17) is 0 Å². The first-order chi connectivity index (χ1) is 11.6. The normalized spacial score (nSPS) is 23.0. The average molecular weight is 341 g/mol. The molecule has 0 bridgehead atoms. The first-order valence-electron chi connectivity index (χ1n) is 8.20. The van der Waals surface area contributed by atoms with E-state index in [1.807, 2.05) is 22.4 Å². The molecule has 0 saturated carbocycles. The first-order valence-corrected chi connectivity index (χ1v) is 9.08. The van der Waals surface area contributed by atoms with Crippen molar-refractivity contribution in [3.05, 3.63) is 51.3 Å². The number of rotatable bonds is 2. The number of nitrogens with zero attached hydrogens (tertiary/aromatic N) is 2. The van der Waals surface area contributed by atoms with Gasteiger partial charge in [0.1, 0.15) is 11.4 Å². The summed E-state index contributed by atoms with van der Waals surface area (Å²) in [6.07, 6.45) is 5.79. The number of carbonyl (C=O) groups excluding carboxylic acids is 1. The molecule has 0 unspecified atom stereocenters. The lowest BCUT2D eigenvalue weighted by Crippen LogP contribution is -2.33. The van der Waals surface area contributed by atoms with Crippen LogP contribution >= 0.6 is 11.3 Å². The summed E-state index contributed by atoms with van der Waals surface area (Å²) >= 11 is 1.50. The van der Waals surface area contributed by atoms with Gasteiger partial charge in [-0.1, -0.05) is 17.7 Å². The Balaban J connectivity index is 1.54. The zero-order valence-electron chi connectivity index (χ0n) is 13.5. The molecule has 4 rings (SSSR count). The number of nitrogens with one attached hydrogen (secondary N) is 1. The second-order valence-electron chi connectivity index (χ2n) is 6.67. The maximum atomic E-state index is 12.7. The molecular formula is C18H19N3O2S. The molecule has 2 aromatic heterocycles. The second kappa shape index (κ2) is 6.02. The van der Waals surface area contributed by atoms with Gasteiger partial charge in [-0.2, -0.15) is 0 Å². The van der Waals surface area contributed by atoms with Gasteiger partial charge in [-0.15, -0.1) is 11.3 Å². The third kappa shape index (κ3) is 2.71. The van der Waals surface area contributed by atoms with Crippen LogP contribution < -0.4 is 5.56 Å². The summed E-state index contributed by atoms with van der Waals surface area (Å²) in [7, 11) is 0. The van der Waals surface area contributed by atoms with E-state index < -0.39 is 0 Å². The van der Waals surface area contributed by atoms with Crippen LogP contribution in [0.5, 0.6) is 0 Å². The predicted octanol–water partition coefficient (Wildman–Crippen LogP) is 2.93. The number of carbonyl (C=O) groups is 1. The molecule has 1 N–H and O–H groups in total. The van der Waals surface area contributed by atoms with Gasteiger partial charge in [0.15, 0.2) is 0 Å². The number of aromatic nitrogens is 2. The van der Waals surface area contributed by atoms with E-state index in [9.17, 15) is 9.59 Å². The van der Waals surface area contributed by atoms with Crippen molar-refractivity contribution in [2.45, 2.75) is 19.8 Å². The second-order valence-corrected chi connectivity index (χ2v) is 7.62. The SMILES string of the molecule is CC1=CC[C@H]2CN(C(=O)c3cnc(-c4cccs4)[nH]c3=O)C[C@H]2C1. The van der Waals surface area contributed by atoms with Crippen molar-refractivity contribution < 1.29 is 4.79 Å². The molecule has 5 nitrogen and oxygen atoms in total. The van der Waals surface area contributed by atoms with Gasteiger partial charge in [-0.25, -0.2) is 4.98 Å². The fraction of sp³-hybridized carbons (Fsp3) is 0.389. The average Bonchev–Trinajstić information content (AvgIpc) is 3.23. The van der Waals surface area contributed by atoms with Crippen LogP contribution in [0.3, 0.4) is 0 Å². The summed E-state index contributed by atoms with van der Waals surface area (Å²) < 4.78 is 0. The molecule has 1 aliphatic carbocycles. The lowest BCUT2D eigenvalue weighted by atomic mass is 9.83. The maximum Gasteiger partial charge on any atom is 0.264 e. The van der Waals surface area contributed by atoms with Crippen LogP contribution in [0, 0.1) is 11.8 Å². The first kappa shape index (κ1) is 15.3. The Labute approximate surface area is 144 Å². The summed E-state index contributed by atoms with van der Waals surface area (Å²) in [5, 5.41) is 1.93. The fourth-order valence-electron chi connectivity index (χ4n) is 3.71. The molecule has 0 aromatic carbocycles. The van der Waals surface area contributed by atoms with Crippen molar-refractivity contribution in [3.8, 4) is 10.7 Å². The van der Waals surface area contributed by atoms with Gasteiger partial charge in [0.05, 0.1) is 4.88 Å². The van der Waals surface area contributed by atoms with Crippen molar-refractivity contribution in [1.82, 2.24) is 14.9 Å². The number of likely N-dealkylation sites (tertiary alicyclic amines) is 1. The minimum Gasteiger partial charge on any atom is -0.338 e. The highest BCUT2D eigenvalue weighted by Gasteiger charge is 2.37. The third-order valence-electron chi connectivity index (χ3n) is 5.00. The van der Waals surface area contributed by atoms with E-state index in [-0.39, 0.29) is 17.0 Å². The van der Waals surface area contributed by atoms with Crippen molar-refractivity contribution in [2.24, 2.45) is 11.8 Å². The monoisotopic (exact) mass is 341 g/mol. The van der Waals surface area contributed by atoms with Gasteiger partial charge >= 0.3 is 0 Å². The van der Waals surface area contributed by atoms with E-state index in [2.05, 4.69) is 23.0 Å². The summed E-state index contributed by atoms with van der Waals surface area (Å²) in [5.74, 6) is 1.36. The zero-order chi connectivity index (χ0) is 16.7. The van der Waals surface area contributed by atoms with Crippen LogP contribution in [-0.4, -0.2) is 33.9 Å². The maximum absolute atomic E-state index is 12.7. The number of fused-ring (bicyclic) bond motifs is 1. The predicted molar refractivity (Wildman–Crippen MR) is 94.0 cm³/mol. The highest BCUT2D eigenvalue weighted by Crippen LogP contribution is 2.36. The third-order valence-corrected chi connectivity index (χ3v) is 5.88. The smallest absolute Gasteiger partial charge is 0.264 e.